The number of aryl methyl sites for hydroxylation is 1. The van der Waals surface area contributed by atoms with Crippen molar-refractivity contribution < 1.29 is 29.0 Å². The Morgan fingerprint density at radius 3 is 2.56 bits per heavy atom. The Labute approximate surface area is 199 Å². The highest BCUT2D eigenvalue weighted by Crippen LogP contribution is 2.41. The van der Waals surface area contributed by atoms with Gasteiger partial charge in [-0.1, -0.05) is 12.1 Å². The number of H-pyrrole nitrogens is 1. The molecule has 2 aromatic rings. The fraction of sp³-hybridized carbons (Fsp3) is 0.400. The molecule has 9 nitrogen and oxygen atoms in total. The quantitative estimate of drug-likeness (QED) is 0.265. The Morgan fingerprint density at radius 2 is 1.94 bits per heavy atom. The highest BCUT2D eigenvalue weighted by Gasteiger charge is 2.46. The molecule has 34 heavy (non-hydrogen) atoms. The van der Waals surface area contributed by atoms with E-state index < -0.39 is 23.7 Å². The molecule has 0 saturated carbocycles. The van der Waals surface area contributed by atoms with Crippen molar-refractivity contribution in [2.24, 2.45) is 0 Å². The summed E-state index contributed by atoms with van der Waals surface area (Å²) < 4.78 is 10.4. The summed E-state index contributed by atoms with van der Waals surface area (Å²) in [6.45, 7) is 6.07. The van der Waals surface area contributed by atoms with E-state index in [2.05, 4.69) is 4.98 Å². The van der Waals surface area contributed by atoms with Crippen molar-refractivity contribution in [3.8, 4) is 5.75 Å². The average molecular weight is 470 g/mol. The number of hydrogen-bond donors (Lipinski definition) is 2. The number of nitrogens with zero attached hydrogens (tertiary/aromatic N) is 2. The number of rotatable bonds is 8. The number of aromatic amines is 1. The third-order valence-corrected chi connectivity index (χ3v) is 5.89. The molecule has 0 aliphatic carbocycles. The van der Waals surface area contributed by atoms with Crippen molar-refractivity contribution in [2.45, 2.75) is 26.8 Å². The van der Waals surface area contributed by atoms with E-state index in [1.54, 1.807) is 45.0 Å². The SMILES string of the molecule is CCOC(=O)c1[nH]c(C)c(C(O)=C2C(=O)C(=O)N(CCN(C)C)[C@@H]2c2cccc(OC)c2)c1C. The van der Waals surface area contributed by atoms with Crippen LogP contribution in [0, 0.1) is 13.8 Å². The molecule has 1 aromatic heterocycles. The molecule has 1 fully saturated rings. The maximum Gasteiger partial charge on any atom is 0.355 e. The van der Waals surface area contributed by atoms with Gasteiger partial charge in [-0.05, 0) is 58.1 Å². The van der Waals surface area contributed by atoms with Crippen LogP contribution in [-0.2, 0) is 14.3 Å². The number of aliphatic hydroxyl groups is 1. The summed E-state index contributed by atoms with van der Waals surface area (Å²) in [7, 11) is 5.28. The first-order valence-corrected chi connectivity index (χ1v) is 11.1. The van der Waals surface area contributed by atoms with Crippen LogP contribution in [0.15, 0.2) is 29.8 Å². The smallest absolute Gasteiger partial charge is 0.355 e. The minimum Gasteiger partial charge on any atom is -0.507 e. The van der Waals surface area contributed by atoms with Crippen LogP contribution in [0.3, 0.4) is 0 Å². The van der Waals surface area contributed by atoms with E-state index in [9.17, 15) is 19.5 Å². The minimum absolute atomic E-state index is 0.0300. The number of likely N-dealkylation sites (tertiary alicyclic amines) is 1. The molecule has 2 N–H and O–H groups in total. The second-order valence-electron chi connectivity index (χ2n) is 8.42. The number of carbonyl (C=O) groups excluding carboxylic acids is 3. The van der Waals surface area contributed by atoms with Gasteiger partial charge in [0.1, 0.15) is 17.2 Å². The Bertz CT molecular complexity index is 1150. The maximum atomic E-state index is 13.2. The second kappa shape index (κ2) is 10.1. The summed E-state index contributed by atoms with van der Waals surface area (Å²) in [6.07, 6.45) is 0. The first-order valence-electron chi connectivity index (χ1n) is 11.1. The molecule has 9 heteroatoms. The van der Waals surface area contributed by atoms with Crippen molar-refractivity contribution in [3.05, 3.63) is 57.9 Å². The van der Waals surface area contributed by atoms with E-state index in [1.165, 1.54) is 12.0 Å². The molecule has 0 unspecified atom stereocenters. The van der Waals surface area contributed by atoms with Gasteiger partial charge in [0.25, 0.3) is 11.7 Å². The fourth-order valence-corrected chi connectivity index (χ4v) is 4.22. The lowest BCUT2D eigenvalue weighted by molar-refractivity contribution is -0.140. The molecule has 0 bridgehead atoms. The number of ether oxygens (including phenoxy) is 2. The molecule has 1 amide bonds. The van der Waals surface area contributed by atoms with Gasteiger partial charge >= 0.3 is 5.97 Å². The molecular formula is C25H31N3O6. The van der Waals surface area contributed by atoms with Crippen LogP contribution < -0.4 is 4.74 Å². The average Bonchev–Trinajstić information content (AvgIpc) is 3.24. The van der Waals surface area contributed by atoms with E-state index in [1.807, 2.05) is 19.0 Å². The third kappa shape index (κ3) is 4.56. The largest absolute Gasteiger partial charge is 0.507 e. The Kier molecular flexibility index (Phi) is 7.46. The highest BCUT2D eigenvalue weighted by molar-refractivity contribution is 6.46. The van der Waals surface area contributed by atoms with Gasteiger partial charge in [0.05, 0.1) is 25.3 Å². The first-order chi connectivity index (χ1) is 16.1. The lowest BCUT2D eigenvalue weighted by Crippen LogP contribution is -2.35. The van der Waals surface area contributed by atoms with Crippen LogP contribution in [0.1, 0.15) is 45.8 Å². The number of Topliss-reactive ketones (excluding diaryl/α,β-unsaturated/α-hetero) is 1. The number of likely N-dealkylation sites (N-methyl/N-ethyl adjacent to an activating group) is 1. The van der Waals surface area contributed by atoms with Crippen LogP contribution in [0.2, 0.25) is 0 Å². The van der Waals surface area contributed by atoms with Crippen LogP contribution in [0.4, 0.5) is 0 Å². The van der Waals surface area contributed by atoms with Gasteiger partial charge in [-0.3, -0.25) is 9.59 Å². The Balaban J connectivity index is 2.21. The summed E-state index contributed by atoms with van der Waals surface area (Å²) >= 11 is 0. The van der Waals surface area contributed by atoms with Crippen LogP contribution in [0.25, 0.3) is 5.76 Å². The number of aromatic nitrogens is 1. The number of esters is 1. The van der Waals surface area contributed by atoms with E-state index in [4.69, 9.17) is 9.47 Å². The first kappa shape index (κ1) is 25.0. The normalized spacial score (nSPS) is 17.5. The molecule has 0 spiro atoms. The third-order valence-electron chi connectivity index (χ3n) is 5.89. The molecule has 1 aliphatic rings. The number of hydrogen-bond acceptors (Lipinski definition) is 7. The number of amides is 1. The van der Waals surface area contributed by atoms with Crippen LogP contribution in [0.5, 0.6) is 5.75 Å². The van der Waals surface area contributed by atoms with Gasteiger partial charge in [0, 0.05) is 24.3 Å². The topological polar surface area (TPSA) is 112 Å². The number of methoxy groups -OCH3 is 1. The molecule has 2 heterocycles. The van der Waals surface area contributed by atoms with Gasteiger partial charge < -0.3 is 29.4 Å². The van der Waals surface area contributed by atoms with Crippen LogP contribution in [-0.4, -0.2) is 78.5 Å². The zero-order chi connectivity index (χ0) is 25.2. The van der Waals surface area contributed by atoms with Gasteiger partial charge in [-0.2, -0.15) is 0 Å². The molecule has 1 saturated heterocycles. The van der Waals surface area contributed by atoms with Gasteiger partial charge in [0.2, 0.25) is 0 Å². The second-order valence-corrected chi connectivity index (χ2v) is 8.42. The summed E-state index contributed by atoms with van der Waals surface area (Å²) in [4.78, 5) is 45.0. The predicted molar refractivity (Wildman–Crippen MR) is 127 cm³/mol. The molecule has 3 rings (SSSR count). The zero-order valence-electron chi connectivity index (χ0n) is 20.4. The van der Waals surface area contributed by atoms with E-state index >= 15 is 0 Å². The van der Waals surface area contributed by atoms with Crippen molar-refractivity contribution in [2.75, 3.05) is 40.9 Å². The Hall–Kier alpha value is -3.59. The van der Waals surface area contributed by atoms with Gasteiger partial charge in [-0.25, -0.2) is 4.79 Å². The summed E-state index contributed by atoms with van der Waals surface area (Å²) in [5.41, 5.74) is 2.04. The minimum atomic E-state index is -0.810. The Morgan fingerprint density at radius 1 is 1.24 bits per heavy atom. The number of benzene rings is 1. The summed E-state index contributed by atoms with van der Waals surface area (Å²) in [5.74, 6) is -1.79. The standard InChI is InChI=1S/C25H31N3O6/c1-7-34-25(32)20-14(2)18(15(3)26-20)22(29)19-21(16-9-8-10-17(13-16)33-6)28(12-11-27(4)5)24(31)23(19)30/h8-10,13,21,26,29H,7,11-12H2,1-6H3/t21-/m1/s1. The molecule has 1 aromatic carbocycles. The van der Waals surface area contributed by atoms with Gasteiger partial charge in [0.15, 0.2) is 0 Å². The lowest BCUT2D eigenvalue weighted by atomic mass is 9.94. The molecule has 182 valence electrons. The maximum absolute atomic E-state index is 13.2. The number of aliphatic hydroxyl groups excluding tert-OH is 1. The van der Waals surface area contributed by atoms with Crippen molar-refractivity contribution in [3.63, 3.8) is 0 Å². The van der Waals surface area contributed by atoms with Crippen molar-refractivity contribution in [1.29, 1.82) is 0 Å². The van der Waals surface area contributed by atoms with Crippen molar-refractivity contribution >= 4 is 23.4 Å². The highest BCUT2D eigenvalue weighted by atomic mass is 16.5. The molecular weight excluding hydrogens is 438 g/mol. The predicted octanol–water partition coefficient (Wildman–Crippen LogP) is 2.80. The fourth-order valence-electron chi connectivity index (χ4n) is 4.22. The van der Waals surface area contributed by atoms with E-state index in [0.29, 0.717) is 34.7 Å². The van der Waals surface area contributed by atoms with Crippen molar-refractivity contribution in [1.82, 2.24) is 14.8 Å². The summed E-state index contributed by atoms with van der Waals surface area (Å²) in [5, 5.41) is 11.4. The van der Waals surface area contributed by atoms with Gasteiger partial charge in [-0.15, -0.1) is 0 Å². The number of carbonyl (C=O) groups is 3. The number of nitrogens with one attached hydrogen (secondary N) is 1. The van der Waals surface area contributed by atoms with E-state index in [-0.39, 0.29) is 30.2 Å². The molecule has 0 radical (unpaired) electrons. The van der Waals surface area contributed by atoms with E-state index in [0.717, 1.165) is 0 Å². The number of ketones is 1. The van der Waals surface area contributed by atoms with Crippen LogP contribution >= 0.6 is 0 Å². The summed E-state index contributed by atoms with van der Waals surface area (Å²) in [6, 6.07) is 6.26. The lowest BCUT2D eigenvalue weighted by Gasteiger charge is -2.26. The monoisotopic (exact) mass is 469 g/mol. The molecule has 1 atom stereocenters. The molecule has 1 aliphatic heterocycles. The zero-order valence-corrected chi connectivity index (χ0v) is 20.4.